The van der Waals surface area contributed by atoms with E-state index in [0.29, 0.717) is 22.1 Å². The monoisotopic (exact) mass is 848 g/mol. The largest absolute Gasteiger partial charge is 0.508 e. The second-order valence-corrected chi connectivity index (χ2v) is 15.4. The average Bonchev–Trinajstić information content (AvgIpc) is 4.07. The van der Waals surface area contributed by atoms with Crippen LogP contribution in [0, 0.1) is 11.8 Å². The van der Waals surface area contributed by atoms with Crippen LogP contribution in [0.5, 0.6) is 11.5 Å². The molecule has 0 saturated heterocycles. The van der Waals surface area contributed by atoms with E-state index in [0.717, 1.165) is 77.9 Å². The molecule has 5 N–H and O–H groups in total. The zero-order chi connectivity index (χ0) is 36.3. The zero-order valence-corrected chi connectivity index (χ0v) is 32.6. The second-order valence-electron chi connectivity index (χ2n) is 12.7. The predicted octanol–water partition coefficient (Wildman–Crippen LogP) is 11.9. The SMILES string of the molecule is NCC1CC1.O=Cc1ccc(Cl)cc1.Oc1ccc2ccc(Br)cc2c1.Oc1ccc2ccc(Br)cc2c1C(NCC1CC1)c1ccc(Cl)cc1. The summed E-state index contributed by atoms with van der Waals surface area (Å²) in [5.74, 6) is 2.28. The van der Waals surface area contributed by atoms with Crippen LogP contribution in [0.3, 0.4) is 0 Å². The number of hydrogen-bond acceptors (Lipinski definition) is 5. The molecule has 0 aromatic heterocycles. The number of nitrogens with one attached hydrogen (secondary N) is 1. The van der Waals surface area contributed by atoms with Gasteiger partial charge in [0.1, 0.15) is 17.8 Å². The summed E-state index contributed by atoms with van der Waals surface area (Å²) in [6.07, 6.45) is 6.13. The molecule has 6 aromatic carbocycles. The topological polar surface area (TPSA) is 95.6 Å². The number of rotatable bonds is 7. The van der Waals surface area contributed by atoms with Gasteiger partial charge < -0.3 is 21.3 Å². The number of aromatic hydroxyl groups is 2. The van der Waals surface area contributed by atoms with E-state index in [2.05, 4.69) is 49.3 Å². The van der Waals surface area contributed by atoms with Crippen molar-refractivity contribution < 1.29 is 15.0 Å². The number of halogens is 4. The van der Waals surface area contributed by atoms with E-state index in [1.807, 2.05) is 60.7 Å². The highest BCUT2D eigenvalue weighted by Gasteiger charge is 2.26. The van der Waals surface area contributed by atoms with Crippen molar-refractivity contribution in [1.82, 2.24) is 5.32 Å². The van der Waals surface area contributed by atoms with Gasteiger partial charge in [-0.25, -0.2) is 0 Å². The lowest BCUT2D eigenvalue weighted by Crippen LogP contribution is -2.25. The number of fused-ring (bicyclic) bond motifs is 2. The van der Waals surface area contributed by atoms with Crippen molar-refractivity contribution >= 4 is 82.9 Å². The molecule has 0 spiro atoms. The van der Waals surface area contributed by atoms with Crippen LogP contribution >= 0.6 is 55.1 Å². The third-order valence-electron chi connectivity index (χ3n) is 8.62. The first-order valence-electron chi connectivity index (χ1n) is 16.8. The van der Waals surface area contributed by atoms with Gasteiger partial charge in [-0.1, -0.05) is 104 Å². The van der Waals surface area contributed by atoms with Crippen LogP contribution in [0.2, 0.25) is 10.0 Å². The Kier molecular flexibility index (Phi) is 14.4. The van der Waals surface area contributed by atoms with E-state index >= 15 is 0 Å². The number of hydrogen-bond donors (Lipinski definition) is 4. The molecule has 0 amide bonds. The summed E-state index contributed by atoms with van der Waals surface area (Å²) in [5.41, 5.74) is 7.91. The highest BCUT2D eigenvalue weighted by molar-refractivity contribution is 9.10. The van der Waals surface area contributed by atoms with Gasteiger partial charge in [-0.05, 0) is 144 Å². The van der Waals surface area contributed by atoms with Crippen LogP contribution in [0.25, 0.3) is 21.5 Å². The summed E-state index contributed by atoms with van der Waals surface area (Å²) < 4.78 is 2.03. The Balaban J connectivity index is 0.000000159. The third kappa shape index (κ3) is 12.1. The van der Waals surface area contributed by atoms with Gasteiger partial charge >= 0.3 is 0 Å². The summed E-state index contributed by atoms with van der Waals surface area (Å²) in [5, 5.41) is 29.3. The molecule has 2 aliphatic rings. The fourth-order valence-electron chi connectivity index (χ4n) is 5.36. The Morgan fingerprint density at radius 3 is 1.86 bits per heavy atom. The van der Waals surface area contributed by atoms with Crippen LogP contribution in [-0.2, 0) is 0 Å². The predicted molar refractivity (Wildman–Crippen MR) is 219 cm³/mol. The molecule has 0 heterocycles. The lowest BCUT2D eigenvalue weighted by molar-refractivity contribution is 0.112. The number of aldehydes is 1. The van der Waals surface area contributed by atoms with Gasteiger partial charge in [0.25, 0.3) is 0 Å². The van der Waals surface area contributed by atoms with Gasteiger partial charge in [-0.2, -0.15) is 0 Å². The molecule has 0 aliphatic heterocycles. The summed E-state index contributed by atoms with van der Waals surface area (Å²) in [6.45, 7) is 1.87. The maximum Gasteiger partial charge on any atom is 0.150 e. The van der Waals surface area contributed by atoms with E-state index in [1.54, 1.807) is 42.5 Å². The van der Waals surface area contributed by atoms with Crippen molar-refractivity contribution in [2.24, 2.45) is 17.6 Å². The standard InChI is InChI=1S/C21H19BrClNO.C10H7BrO.C7H5ClO.C4H9N/c22-16-7-3-14-6-10-19(25)20(18(14)11-16)21(24-12-13-1-2-13)15-4-8-17(23)9-5-15;11-9-3-1-7-2-4-10(12)6-8(7)5-9;8-7-3-1-6(5-9)2-4-7;5-3-4-1-2-4/h3-11,13,21,24-25H,1-2,12H2;1-6,12H;1-5H;4H,1-3,5H2. The zero-order valence-electron chi connectivity index (χ0n) is 27.9. The number of phenolic OH excluding ortho intramolecular Hbond substituents is 2. The van der Waals surface area contributed by atoms with Crippen molar-refractivity contribution in [1.29, 1.82) is 0 Å². The van der Waals surface area contributed by atoms with Crippen molar-refractivity contribution in [2.45, 2.75) is 31.7 Å². The molecule has 2 aliphatic carbocycles. The average molecular weight is 852 g/mol. The van der Waals surface area contributed by atoms with Gasteiger partial charge in [0.15, 0.2) is 0 Å². The summed E-state index contributed by atoms with van der Waals surface area (Å²) in [7, 11) is 0. The van der Waals surface area contributed by atoms with Gasteiger partial charge in [-0.15, -0.1) is 0 Å². The van der Waals surface area contributed by atoms with Crippen LogP contribution in [-0.4, -0.2) is 29.6 Å². The molecule has 0 bridgehead atoms. The normalized spacial score (nSPS) is 13.9. The minimum Gasteiger partial charge on any atom is -0.508 e. The van der Waals surface area contributed by atoms with E-state index in [9.17, 15) is 15.0 Å². The summed E-state index contributed by atoms with van der Waals surface area (Å²) in [6, 6.07) is 35.8. The van der Waals surface area contributed by atoms with Gasteiger partial charge in [-0.3, -0.25) is 4.79 Å². The van der Waals surface area contributed by atoms with Gasteiger partial charge in [0, 0.05) is 30.1 Å². The summed E-state index contributed by atoms with van der Waals surface area (Å²) >= 11 is 18.6. The molecule has 2 saturated carbocycles. The van der Waals surface area contributed by atoms with Crippen LogP contribution in [0.1, 0.15) is 53.2 Å². The van der Waals surface area contributed by atoms with Gasteiger partial charge in [0.2, 0.25) is 0 Å². The molecule has 51 heavy (non-hydrogen) atoms. The first kappa shape index (κ1) is 38.8. The number of carbonyl (C=O) groups excluding carboxylic acids is 1. The Hall–Kier alpha value is -3.43. The lowest BCUT2D eigenvalue weighted by Gasteiger charge is -2.23. The fourth-order valence-corrected chi connectivity index (χ4v) is 6.35. The first-order chi connectivity index (χ1) is 24.6. The molecule has 6 aromatic rings. The molecule has 264 valence electrons. The molecule has 2 fully saturated rings. The Bertz CT molecular complexity index is 2010. The van der Waals surface area contributed by atoms with Gasteiger partial charge in [0.05, 0.1) is 6.04 Å². The Labute approximate surface area is 326 Å². The first-order valence-corrected chi connectivity index (χ1v) is 19.2. The molecule has 8 rings (SSSR count). The van der Waals surface area contributed by atoms with Crippen LogP contribution in [0.15, 0.2) is 124 Å². The Morgan fingerprint density at radius 1 is 0.706 bits per heavy atom. The highest BCUT2D eigenvalue weighted by Crippen LogP contribution is 2.38. The van der Waals surface area contributed by atoms with Crippen molar-refractivity contribution in [3.8, 4) is 11.5 Å². The molecule has 1 unspecified atom stereocenters. The van der Waals surface area contributed by atoms with E-state index in [-0.39, 0.29) is 6.04 Å². The minimum absolute atomic E-state index is 0.0733. The van der Waals surface area contributed by atoms with E-state index in [1.165, 1.54) is 25.7 Å². The summed E-state index contributed by atoms with van der Waals surface area (Å²) in [4.78, 5) is 10.1. The number of carbonyl (C=O) groups is 1. The highest BCUT2D eigenvalue weighted by atomic mass is 79.9. The smallest absolute Gasteiger partial charge is 0.150 e. The second kappa shape index (κ2) is 18.9. The van der Waals surface area contributed by atoms with Crippen molar-refractivity contribution in [3.63, 3.8) is 0 Å². The quantitative estimate of drug-likeness (QED) is 0.120. The van der Waals surface area contributed by atoms with Crippen LogP contribution in [0.4, 0.5) is 0 Å². The van der Waals surface area contributed by atoms with E-state index in [4.69, 9.17) is 28.9 Å². The number of benzene rings is 6. The molecule has 5 nitrogen and oxygen atoms in total. The molecule has 9 heteroatoms. The molecular weight excluding hydrogens is 811 g/mol. The number of nitrogens with two attached hydrogens (primary N) is 1. The van der Waals surface area contributed by atoms with Crippen LogP contribution < -0.4 is 11.1 Å². The lowest BCUT2D eigenvalue weighted by atomic mass is 9.92. The minimum atomic E-state index is -0.0733. The Morgan fingerprint density at radius 2 is 1.27 bits per heavy atom. The van der Waals surface area contributed by atoms with Crippen molar-refractivity contribution in [3.05, 3.63) is 151 Å². The fraction of sp³-hybridized carbons (Fsp3) is 0.214. The third-order valence-corrected chi connectivity index (χ3v) is 10.1. The molecular formula is C42H40Br2Cl2N2O3. The number of phenols is 2. The maximum atomic E-state index is 10.7. The van der Waals surface area contributed by atoms with E-state index < -0.39 is 0 Å². The maximum absolute atomic E-state index is 10.7. The molecule has 1 atom stereocenters. The van der Waals surface area contributed by atoms with Crippen molar-refractivity contribution in [2.75, 3.05) is 13.1 Å². The molecule has 0 radical (unpaired) electrons.